The Morgan fingerprint density at radius 3 is 2.78 bits per heavy atom. The second kappa shape index (κ2) is 7.11. The highest BCUT2D eigenvalue weighted by atomic mass is 19.1. The Balaban J connectivity index is 2.57. The fourth-order valence-corrected chi connectivity index (χ4v) is 1.71. The summed E-state index contributed by atoms with van der Waals surface area (Å²) in [5, 5.41) is 11.6. The molecule has 1 atom stereocenters. The first-order chi connectivity index (χ1) is 8.58. The molecule has 1 aromatic carbocycles. The average molecular weight is 253 g/mol. The molecule has 0 bridgehead atoms. The van der Waals surface area contributed by atoms with Crippen LogP contribution >= 0.6 is 0 Å². The third-order valence-corrected chi connectivity index (χ3v) is 3.10. The molecule has 0 aromatic heterocycles. The maximum absolute atomic E-state index is 13.3. The van der Waals surface area contributed by atoms with Crippen LogP contribution in [0.4, 0.5) is 4.39 Å². The number of benzene rings is 1. The van der Waals surface area contributed by atoms with Crippen LogP contribution < -0.4 is 5.32 Å². The first-order valence-corrected chi connectivity index (χ1v) is 6.23. The van der Waals surface area contributed by atoms with Crippen LogP contribution in [-0.2, 0) is 0 Å². The molecule has 1 rings (SSSR count). The molecule has 1 amide bonds. The van der Waals surface area contributed by atoms with Crippen LogP contribution in [0, 0.1) is 18.7 Å². The van der Waals surface area contributed by atoms with Crippen molar-refractivity contribution in [2.45, 2.75) is 26.7 Å². The van der Waals surface area contributed by atoms with Gasteiger partial charge in [-0.1, -0.05) is 19.4 Å². The average Bonchev–Trinajstić information content (AvgIpc) is 2.37. The van der Waals surface area contributed by atoms with E-state index in [1.165, 1.54) is 6.07 Å². The molecule has 1 aromatic rings. The van der Waals surface area contributed by atoms with Crippen LogP contribution in [0.25, 0.3) is 0 Å². The van der Waals surface area contributed by atoms with Crippen molar-refractivity contribution < 1.29 is 14.3 Å². The lowest BCUT2D eigenvalue weighted by Gasteiger charge is -2.14. The van der Waals surface area contributed by atoms with Gasteiger partial charge in [0.2, 0.25) is 0 Å². The summed E-state index contributed by atoms with van der Waals surface area (Å²) in [6.45, 7) is 4.29. The number of rotatable bonds is 6. The molecular weight excluding hydrogens is 233 g/mol. The van der Waals surface area contributed by atoms with Crippen LogP contribution in [-0.4, -0.2) is 24.2 Å². The first kappa shape index (κ1) is 14.6. The van der Waals surface area contributed by atoms with Gasteiger partial charge in [0, 0.05) is 18.7 Å². The summed E-state index contributed by atoms with van der Waals surface area (Å²) in [4.78, 5) is 11.8. The van der Waals surface area contributed by atoms with Crippen molar-refractivity contribution in [3.05, 3.63) is 35.1 Å². The lowest BCUT2D eigenvalue weighted by molar-refractivity contribution is 0.0943. The van der Waals surface area contributed by atoms with Crippen molar-refractivity contribution in [3.63, 3.8) is 0 Å². The Labute approximate surface area is 107 Å². The maximum Gasteiger partial charge on any atom is 0.251 e. The summed E-state index contributed by atoms with van der Waals surface area (Å²) in [6.07, 6.45) is 1.56. The van der Waals surface area contributed by atoms with Crippen LogP contribution in [0.3, 0.4) is 0 Å². The van der Waals surface area contributed by atoms with E-state index in [1.807, 2.05) is 6.92 Å². The minimum Gasteiger partial charge on any atom is -0.396 e. The Bertz CT molecular complexity index is 407. The molecule has 4 heteroatoms. The second-order valence-corrected chi connectivity index (χ2v) is 4.46. The molecule has 18 heavy (non-hydrogen) atoms. The number of amides is 1. The highest BCUT2D eigenvalue weighted by Crippen LogP contribution is 2.10. The number of hydrogen-bond donors (Lipinski definition) is 2. The molecule has 0 saturated heterocycles. The number of aryl methyl sites for hydroxylation is 1. The van der Waals surface area contributed by atoms with E-state index < -0.39 is 0 Å². The standard InChI is InChI=1S/C14H20FNO2/c1-3-11(6-7-17)9-16-14(18)12-5-4-10(2)13(15)8-12/h4-5,8,11,17H,3,6-7,9H2,1-2H3,(H,16,18). The van der Waals surface area contributed by atoms with Gasteiger partial charge in [-0.25, -0.2) is 4.39 Å². The van der Waals surface area contributed by atoms with Gasteiger partial charge in [0.25, 0.3) is 5.91 Å². The number of hydrogen-bond acceptors (Lipinski definition) is 2. The van der Waals surface area contributed by atoms with Crippen molar-refractivity contribution in [3.8, 4) is 0 Å². The summed E-state index contributed by atoms with van der Waals surface area (Å²) >= 11 is 0. The Morgan fingerprint density at radius 1 is 1.50 bits per heavy atom. The lowest BCUT2D eigenvalue weighted by atomic mass is 10.0. The van der Waals surface area contributed by atoms with Gasteiger partial charge in [0.1, 0.15) is 5.82 Å². The first-order valence-electron chi connectivity index (χ1n) is 6.23. The molecule has 1 unspecified atom stereocenters. The molecular formula is C14H20FNO2. The SMILES string of the molecule is CCC(CCO)CNC(=O)c1ccc(C)c(F)c1. The molecule has 0 radical (unpaired) electrons. The van der Waals surface area contributed by atoms with E-state index in [4.69, 9.17) is 5.11 Å². The summed E-state index contributed by atoms with van der Waals surface area (Å²) in [5.41, 5.74) is 0.857. The monoisotopic (exact) mass is 253 g/mol. The molecule has 0 aliphatic rings. The molecule has 2 N–H and O–H groups in total. The van der Waals surface area contributed by atoms with Crippen molar-refractivity contribution in [1.82, 2.24) is 5.32 Å². The normalized spacial score (nSPS) is 12.2. The van der Waals surface area contributed by atoms with Gasteiger partial charge in [0.15, 0.2) is 0 Å². The third kappa shape index (κ3) is 4.11. The van der Waals surface area contributed by atoms with Crippen molar-refractivity contribution in [1.29, 1.82) is 0 Å². The highest BCUT2D eigenvalue weighted by Gasteiger charge is 2.11. The molecule has 0 heterocycles. The smallest absolute Gasteiger partial charge is 0.251 e. The minimum atomic E-state index is -0.370. The van der Waals surface area contributed by atoms with Gasteiger partial charge in [-0.2, -0.15) is 0 Å². The minimum absolute atomic E-state index is 0.119. The summed E-state index contributed by atoms with van der Waals surface area (Å²) < 4.78 is 13.3. The second-order valence-electron chi connectivity index (χ2n) is 4.46. The fraction of sp³-hybridized carbons (Fsp3) is 0.500. The van der Waals surface area contributed by atoms with E-state index in [0.29, 0.717) is 24.1 Å². The number of carbonyl (C=O) groups excluding carboxylic acids is 1. The zero-order valence-corrected chi connectivity index (χ0v) is 10.9. The Hall–Kier alpha value is -1.42. The highest BCUT2D eigenvalue weighted by molar-refractivity contribution is 5.94. The Kier molecular flexibility index (Phi) is 5.78. The molecule has 0 saturated carbocycles. The summed E-state index contributed by atoms with van der Waals surface area (Å²) in [7, 11) is 0. The molecule has 0 spiro atoms. The van der Waals surface area contributed by atoms with Crippen molar-refractivity contribution >= 4 is 5.91 Å². The number of nitrogens with one attached hydrogen (secondary N) is 1. The van der Waals surface area contributed by atoms with E-state index >= 15 is 0 Å². The predicted octanol–water partition coefficient (Wildman–Crippen LogP) is 2.27. The van der Waals surface area contributed by atoms with Gasteiger partial charge in [0.05, 0.1) is 0 Å². The number of carbonyl (C=O) groups is 1. The Morgan fingerprint density at radius 2 is 2.22 bits per heavy atom. The van der Waals surface area contributed by atoms with E-state index in [1.54, 1.807) is 19.1 Å². The molecule has 100 valence electrons. The molecule has 3 nitrogen and oxygen atoms in total. The van der Waals surface area contributed by atoms with E-state index in [0.717, 1.165) is 6.42 Å². The van der Waals surface area contributed by atoms with E-state index in [9.17, 15) is 9.18 Å². The molecule has 0 fully saturated rings. The number of aliphatic hydroxyl groups excluding tert-OH is 1. The lowest BCUT2D eigenvalue weighted by Crippen LogP contribution is -2.29. The number of halogens is 1. The van der Waals surface area contributed by atoms with Crippen LogP contribution in [0.2, 0.25) is 0 Å². The summed E-state index contributed by atoms with van der Waals surface area (Å²) in [5.74, 6) is -0.385. The van der Waals surface area contributed by atoms with Crippen molar-refractivity contribution in [2.24, 2.45) is 5.92 Å². The maximum atomic E-state index is 13.3. The molecule has 0 aliphatic carbocycles. The number of aliphatic hydroxyl groups is 1. The quantitative estimate of drug-likeness (QED) is 0.817. The van der Waals surface area contributed by atoms with Crippen LogP contribution in [0.1, 0.15) is 35.7 Å². The van der Waals surface area contributed by atoms with Crippen molar-refractivity contribution in [2.75, 3.05) is 13.2 Å². The topological polar surface area (TPSA) is 49.3 Å². The van der Waals surface area contributed by atoms with Gasteiger partial charge in [-0.05, 0) is 37.0 Å². The largest absolute Gasteiger partial charge is 0.396 e. The third-order valence-electron chi connectivity index (χ3n) is 3.10. The predicted molar refractivity (Wildman–Crippen MR) is 69.0 cm³/mol. The zero-order valence-electron chi connectivity index (χ0n) is 10.9. The van der Waals surface area contributed by atoms with Crippen LogP contribution in [0.15, 0.2) is 18.2 Å². The molecule has 0 aliphatic heterocycles. The van der Waals surface area contributed by atoms with Crippen LogP contribution in [0.5, 0.6) is 0 Å². The fourth-order valence-electron chi connectivity index (χ4n) is 1.71. The van der Waals surface area contributed by atoms with Gasteiger partial charge in [-0.15, -0.1) is 0 Å². The van der Waals surface area contributed by atoms with E-state index in [2.05, 4.69) is 5.32 Å². The van der Waals surface area contributed by atoms with Gasteiger partial charge >= 0.3 is 0 Å². The summed E-state index contributed by atoms with van der Waals surface area (Å²) in [6, 6.07) is 4.45. The zero-order chi connectivity index (χ0) is 13.5. The van der Waals surface area contributed by atoms with E-state index in [-0.39, 0.29) is 24.2 Å². The van der Waals surface area contributed by atoms with Gasteiger partial charge < -0.3 is 10.4 Å². The van der Waals surface area contributed by atoms with Gasteiger partial charge in [-0.3, -0.25) is 4.79 Å².